The third-order valence-electron chi connectivity index (χ3n) is 4.34. The Balaban J connectivity index is 2.04. The number of imide groups is 2. The van der Waals surface area contributed by atoms with E-state index in [1.807, 2.05) is 37.3 Å². The Bertz CT molecular complexity index is 696. The standard InChI is InChI=1S/C19H26N4O3/c1-2-3-12-22-17(24)15(16(20)21)18(25)23(19(22)26)13-8-7-11-14-9-5-4-6-10-14/h4-6,9-10H,2-3,7-8,11-13,20-21H2,1H3. The summed E-state index contributed by atoms with van der Waals surface area (Å²) >= 11 is 0. The first-order chi connectivity index (χ1) is 12.5. The molecule has 0 saturated carbocycles. The van der Waals surface area contributed by atoms with Gasteiger partial charge >= 0.3 is 6.03 Å². The van der Waals surface area contributed by atoms with Crippen LogP contribution in [0.2, 0.25) is 0 Å². The van der Waals surface area contributed by atoms with Crippen LogP contribution in [-0.4, -0.2) is 40.7 Å². The number of aryl methyl sites for hydroxylation is 1. The number of nitrogens with zero attached hydrogens (tertiary/aromatic N) is 2. The molecule has 26 heavy (non-hydrogen) atoms. The molecule has 0 radical (unpaired) electrons. The van der Waals surface area contributed by atoms with E-state index in [0.717, 1.165) is 29.1 Å². The fourth-order valence-electron chi connectivity index (χ4n) is 2.88. The maximum absolute atomic E-state index is 12.6. The highest BCUT2D eigenvalue weighted by Crippen LogP contribution is 2.19. The lowest BCUT2D eigenvalue weighted by Gasteiger charge is -2.34. The van der Waals surface area contributed by atoms with E-state index in [9.17, 15) is 14.4 Å². The number of amides is 4. The molecule has 1 aliphatic heterocycles. The van der Waals surface area contributed by atoms with Crippen LogP contribution in [0.1, 0.15) is 38.2 Å². The van der Waals surface area contributed by atoms with Gasteiger partial charge in [-0.1, -0.05) is 43.7 Å². The number of carbonyl (C=O) groups excluding carboxylic acids is 3. The van der Waals surface area contributed by atoms with Crippen LogP contribution >= 0.6 is 0 Å². The molecule has 0 spiro atoms. The molecule has 0 unspecified atom stereocenters. The van der Waals surface area contributed by atoms with Crippen molar-refractivity contribution in [1.29, 1.82) is 0 Å². The average Bonchev–Trinajstić information content (AvgIpc) is 2.61. The Labute approximate surface area is 153 Å². The minimum atomic E-state index is -0.701. The van der Waals surface area contributed by atoms with Crippen LogP contribution in [0.15, 0.2) is 41.7 Å². The number of hydrogen-bond donors (Lipinski definition) is 2. The normalized spacial score (nSPS) is 15.0. The largest absolute Gasteiger partial charge is 0.385 e. The van der Waals surface area contributed by atoms with Gasteiger partial charge in [-0.3, -0.25) is 19.4 Å². The summed E-state index contributed by atoms with van der Waals surface area (Å²) in [5.74, 6) is -1.75. The first-order valence-corrected chi connectivity index (χ1v) is 8.94. The Morgan fingerprint density at radius 2 is 1.46 bits per heavy atom. The van der Waals surface area contributed by atoms with Crippen molar-refractivity contribution in [3.8, 4) is 0 Å². The number of unbranched alkanes of at least 4 members (excludes halogenated alkanes) is 2. The Hall–Kier alpha value is -2.83. The van der Waals surface area contributed by atoms with Crippen LogP contribution < -0.4 is 11.5 Å². The quantitative estimate of drug-likeness (QED) is 0.418. The maximum atomic E-state index is 12.6. The van der Waals surface area contributed by atoms with Gasteiger partial charge in [0, 0.05) is 13.1 Å². The lowest BCUT2D eigenvalue weighted by molar-refractivity contribution is -0.136. The number of rotatable bonds is 8. The van der Waals surface area contributed by atoms with Gasteiger partial charge in [-0.15, -0.1) is 0 Å². The van der Waals surface area contributed by atoms with Gasteiger partial charge in [0.2, 0.25) is 0 Å². The number of nitrogens with two attached hydrogens (primary N) is 2. The summed E-state index contributed by atoms with van der Waals surface area (Å²) in [5, 5.41) is 0. The van der Waals surface area contributed by atoms with Gasteiger partial charge in [-0.25, -0.2) is 4.79 Å². The molecule has 7 heteroatoms. The van der Waals surface area contributed by atoms with Gasteiger partial charge in [-0.05, 0) is 31.2 Å². The second kappa shape index (κ2) is 9.03. The number of benzene rings is 1. The number of hydrogen-bond acceptors (Lipinski definition) is 5. The third kappa shape index (κ3) is 4.41. The summed E-state index contributed by atoms with van der Waals surface area (Å²) in [6.07, 6.45) is 3.79. The van der Waals surface area contributed by atoms with Crippen LogP contribution in [-0.2, 0) is 16.0 Å². The van der Waals surface area contributed by atoms with Crippen LogP contribution in [0.25, 0.3) is 0 Å². The van der Waals surface area contributed by atoms with Crippen molar-refractivity contribution in [3.05, 3.63) is 47.3 Å². The van der Waals surface area contributed by atoms with Crippen molar-refractivity contribution >= 4 is 17.8 Å². The molecule has 1 aromatic rings. The highest BCUT2D eigenvalue weighted by Gasteiger charge is 2.42. The zero-order valence-electron chi connectivity index (χ0n) is 15.1. The van der Waals surface area contributed by atoms with Gasteiger partial charge < -0.3 is 11.5 Å². The first-order valence-electron chi connectivity index (χ1n) is 8.94. The molecular formula is C19H26N4O3. The van der Waals surface area contributed by atoms with Gasteiger partial charge in [0.05, 0.1) is 0 Å². The van der Waals surface area contributed by atoms with Crippen molar-refractivity contribution in [2.24, 2.45) is 11.5 Å². The van der Waals surface area contributed by atoms with Gasteiger partial charge in [0.15, 0.2) is 0 Å². The maximum Gasteiger partial charge on any atom is 0.333 e. The molecule has 1 saturated heterocycles. The minimum absolute atomic E-state index is 0.233. The number of urea groups is 1. The van der Waals surface area contributed by atoms with Crippen molar-refractivity contribution in [2.75, 3.05) is 13.1 Å². The monoisotopic (exact) mass is 358 g/mol. The summed E-state index contributed by atoms with van der Waals surface area (Å²) in [7, 11) is 0. The Morgan fingerprint density at radius 3 is 2.00 bits per heavy atom. The topological polar surface area (TPSA) is 110 Å². The fraction of sp³-hybridized carbons (Fsp3) is 0.421. The second-order valence-electron chi connectivity index (χ2n) is 6.32. The predicted octanol–water partition coefficient (Wildman–Crippen LogP) is 1.73. The highest BCUT2D eigenvalue weighted by atomic mass is 16.2. The second-order valence-corrected chi connectivity index (χ2v) is 6.32. The Kier molecular flexibility index (Phi) is 6.77. The molecule has 0 atom stereocenters. The first kappa shape index (κ1) is 19.5. The van der Waals surface area contributed by atoms with E-state index >= 15 is 0 Å². The molecule has 4 amide bonds. The highest BCUT2D eigenvalue weighted by molar-refractivity contribution is 6.29. The van der Waals surface area contributed by atoms with Crippen molar-refractivity contribution in [2.45, 2.75) is 39.0 Å². The van der Waals surface area contributed by atoms with Gasteiger partial charge in [0.25, 0.3) is 11.8 Å². The van der Waals surface area contributed by atoms with Crippen molar-refractivity contribution in [3.63, 3.8) is 0 Å². The molecule has 140 valence electrons. The SMILES string of the molecule is CCCCN1C(=O)C(=C(N)N)C(=O)N(CCCCc2ccccc2)C1=O. The van der Waals surface area contributed by atoms with E-state index in [2.05, 4.69) is 0 Å². The molecule has 0 aliphatic carbocycles. The molecule has 1 heterocycles. The summed E-state index contributed by atoms with van der Waals surface area (Å²) in [4.78, 5) is 39.6. The van der Waals surface area contributed by atoms with Gasteiger partial charge in [-0.2, -0.15) is 0 Å². The van der Waals surface area contributed by atoms with Crippen molar-refractivity contribution in [1.82, 2.24) is 9.80 Å². The van der Waals surface area contributed by atoms with E-state index in [0.29, 0.717) is 12.8 Å². The van der Waals surface area contributed by atoms with Gasteiger partial charge in [0.1, 0.15) is 11.4 Å². The molecule has 7 nitrogen and oxygen atoms in total. The summed E-state index contributed by atoms with van der Waals surface area (Å²) in [6.45, 7) is 2.44. The molecule has 2 rings (SSSR count). The van der Waals surface area contributed by atoms with E-state index in [4.69, 9.17) is 11.5 Å². The molecule has 1 aromatic carbocycles. The zero-order valence-corrected chi connectivity index (χ0v) is 15.1. The van der Waals surface area contributed by atoms with Crippen LogP contribution in [0.4, 0.5) is 4.79 Å². The summed E-state index contributed by atoms with van der Waals surface area (Å²) in [6, 6.07) is 9.41. The molecular weight excluding hydrogens is 332 g/mol. The van der Waals surface area contributed by atoms with Crippen LogP contribution in [0.3, 0.4) is 0 Å². The minimum Gasteiger partial charge on any atom is -0.385 e. The molecule has 0 aromatic heterocycles. The Morgan fingerprint density at radius 1 is 0.885 bits per heavy atom. The van der Waals surface area contributed by atoms with Crippen LogP contribution in [0, 0.1) is 0 Å². The number of barbiturate groups is 1. The lowest BCUT2D eigenvalue weighted by atomic mass is 10.1. The van der Waals surface area contributed by atoms with Crippen molar-refractivity contribution < 1.29 is 14.4 Å². The van der Waals surface area contributed by atoms with Crippen LogP contribution in [0.5, 0.6) is 0 Å². The van der Waals surface area contributed by atoms with E-state index in [-0.39, 0.29) is 24.5 Å². The summed E-state index contributed by atoms with van der Waals surface area (Å²) in [5.41, 5.74) is 12.0. The summed E-state index contributed by atoms with van der Waals surface area (Å²) < 4.78 is 0. The predicted molar refractivity (Wildman–Crippen MR) is 98.5 cm³/mol. The average molecular weight is 358 g/mol. The third-order valence-corrected chi connectivity index (χ3v) is 4.34. The van der Waals surface area contributed by atoms with E-state index < -0.39 is 17.8 Å². The van der Waals surface area contributed by atoms with E-state index in [1.54, 1.807) is 0 Å². The molecule has 4 N–H and O–H groups in total. The lowest BCUT2D eigenvalue weighted by Crippen LogP contribution is -2.57. The molecule has 1 aliphatic rings. The van der Waals surface area contributed by atoms with E-state index in [1.165, 1.54) is 5.56 Å². The molecule has 0 bridgehead atoms. The zero-order chi connectivity index (χ0) is 19.1. The number of carbonyl (C=O) groups is 3. The fourth-order valence-corrected chi connectivity index (χ4v) is 2.88. The smallest absolute Gasteiger partial charge is 0.333 e. The molecule has 1 fully saturated rings.